The molecule has 0 radical (unpaired) electrons. The van der Waals surface area contributed by atoms with E-state index in [1.807, 2.05) is 23.1 Å². The number of rotatable bonds is 5. The van der Waals surface area contributed by atoms with Crippen molar-refractivity contribution in [3.63, 3.8) is 0 Å². The summed E-state index contributed by atoms with van der Waals surface area (Å²) in [4.78, 5) is 13.7. The van der Waals surface area contributed by atoms with E-state index in [1.54, 1.807) is 0 Å². The SMILES string of the molecule is CCNC(CN1CCCC1=O)c1ccc2c(c1)OCO2. The summed E-state index contributed by atoms with van der Waals surface area (Å²) in [6.45, 7) is 4.81. The molecule has 1 saturated heterocycles. The van der Waals surface area contributed by atoms with Gasteiger partial charge in [-0.2, -0.15) is 0 Å². The van der Waals surface area contributed by atoms with Gasteiger partial charge in [0.25, 0.3) is 0 Å². The maximum absolute atomic E-state index is 11.8. The number of hydrogen-bond donors (Lipinski definition) is 1. The average Bonchev–Trinajstić information content (AvgIpc) is 3.06. The lowest BCUT2D eigenvalue weighted by atomic mass is 10.1. The molecule has 2 heterocycles. The van der Waals surface area contributed by atoms with Crippen LogP contribution in [0.2, 0.25) is 0 Å². The Morgan fingerprint density at radius 2 is 2.20 bits per heavy atom. The van der Waals surface area contributed by atoms with Crippen LogP contribution in [0.5, 0.6) is 11.5 Å². The summed E-state index contributed by atoms with van der Waals surface area (Å²) >= 11 is 0. The first-order valence-corrected chi connectivity index (χ1v) is 7.18. The van der Waals surface area contributed by atoms with E-state index >= 15 is 0 Å². The highest BCUT2D eigenvalue weighted by molar-refractivity contribution is 5.78. The fraction of sp³-hybridized carbons (Fsp3) is 0.533. The van der Waals surface area contributed by atoms with Crippen molar-refractivity contribution in [2.24, 2.45) is 0 Å². The number of likely N-dealkylation sites (N-methyl/N-ethyl adjacent to an activating group) is 1. The number of amides is 1. The Kier molecular flexibility index (Phi) is 3.78. The molecule has 0 bridgehead atoms. The van der Waals surface area contributed by atoms with Crippen LogP contribution in [0.25, 0.3) is 0 Å². The summed E-state index contributed by atoms with van der Waals surface area (Å²) in [7, 11) is 0. The van der Waals surface area contributed by atoms with Gasteiger partial charge in [-0.25, -0.2) is 0 Å². The first-order chi connectivity index (χ1) is 9.78. The summed E-state index contributed by atoms with van der Waals surface area (Å²) in [6, 6.07) is 6.13. The number of hydrogen-bond acceptors (Lipinski definition) is 4. The average molecular weight is 276 g/mol. The van der Waals surface area contributed by atoms with Gasteiger partial charge in [-0.3, -0.25) is 4.79 Å². The van der Waals surface area contributed by atoms with Crippen LogP contribution in [0.3, 0.4) is 0 Å². The lowest BCUT2D eigenvalue weighted by Gasteiger charge is -2.25. The van der Waals surface area contributed by atoms with Crippen LogP contribution in [0.1, 0.15) is 31.4 Å². The van der Waals surface area contributed by atoms with Gasteiger partial charge >= 0.3 is 0 Å². The molecular weight excluding hydrogens is 256 g/mol. The van der Waals surface area contributed by atoms with E-state index in [1.165, 1.54) is 0 Å². The van der Waals surface area contributed by atoms with Gasteiger partial charge in [0, 0.05) is 19.5 Å². The molecule has 1 aromatic carbocycles. The number of carbonyl (C=O) groups is 1. The molecular formula is C15H20N2O3. The third kappa shape index (κ3) is 2.58. The zero-order chi connectivity index (χ0) is 13.9. The lowest BCUT2D eigenvalue weighted by Crippen LogP contribution is -2.35. The van der Waals surface area contributed by atoms with Gasteiger partial charge in [0.2, 0.25) is 12.7 Å². The molecule has 1 fully saturated rings. The number of fused-ring (bicyclic) bond motifs is 1. The molecule has 1 unspecified atom stereocenters. The van der Waals surface area contributed by atoms with Gasteiger partial charge in [0.05, 0.1) is 6.04 Å². The number of nitrogens with one attached hydrogen (secondary N) is 1. The van der Waals surface area contributed by atoms with Crippen molar-refractivity contribution < 1.29 is 14.3 Å². The molecule has 3 rings (SSSR count). The van der Waals surface area contributed by atoms with Crippen LogP contribution >= 0.6 is 0 Å². The topological polar surface area (TPSA) is 50.8 Å². The maximum Gasteiger partial charge on any atom is 0.231 e. The van der Waals surface area contributed by atoms with Gasteiger partial charge < -0.3 is 19.7 Å². The monoisotopic (exact) mass is 276 g/mol. The largest absolute Gasteiger partial charge is 0.454 e. The summed E-state index contributed by atoms with van der Waals surface area (Å²) in [5.74, 6) is 1.84. The molecule has 0 spiro atoms. The number of carbonyl (C=O) groups excluding carboxylic acids is 1. The van der Waals surface area contributed by atoms with E-state index in [0.717, 1.165) is 36.6 Å². The zero-order valence-electron chi connectivity index (χ0n) is 11.7. The molecule has 20 heavy (non-hydrogen) atoms. The standard InChI is InChI=1S/C15H20N2O3/c1-2-16-12(9-17-7-3-4-15(17)18)11-5-6-13-14(8-11)20-10-19-13/h5-6,8,12,16H,2-4,7,9-10H2,1H3. The fourth-order valence-corrected chi connectivity index (χ4v) is 2.78. The van der Waals surface area contributed by atoms with Crippen molar-refractivity contribution in [1.82, 2.24) is 10.2 Å². The Morgan fingerprint density at radius 1 is 1.35 bits per heavy atom. The molecule has 5 nitrogen and oxygen atoms in total. The van der Waals surface area contributed by atoms with Crippen molar-refractivity contribution in [2.45, 2.75) is 25.8 Å². The van der Waals surface area contributed by atoms with Crippen LogP contribution in [0, 0.1) is 0 Å². The summed E-state index contributed by atoms with van der Waals surface area (Å²) in [5, 5.41) is 3.45. The van der Waals surface area contributed by atoms with E-state index in [0.29, 0.717) is 13.0 Å². The number of nitrogens with zero attached hydrogens (tertiary/aromatic N) is 1. The smallest absolute Gasteiger partial charge is 0.231 e. The first-order valence-electron chi connectivity index (χ1n) is 7.18. The van der Waals surface area contributed by atoms with Crippen molar-refractivity contribution >= 4 is 5.91 Å². The predicted molar refractivity (Wildman–Crippen MR) is 74.8 cm³/mol. The maximum atomic E-state index is 11.8. The van der Waals surface area contributed by atoms with E-state index in [4.69, 9.17) is 9.47 Å². The highest BCUT2D eigenvalue weighted by Gasteiger charge is 2.25. The third-order valence-electron chi connectivity index (χ3n) is 3.82. The zero-order valence-corrected chi connectivity index (χ0v) is 11.7. The van der Waals surface area contributed by atoms with Gasteiger partial charge in [0.1, 0.15) is 0 Å². The summed E-state index contributed by atoms with van der Waals surface area (Å²) < 4.78 is 10.8. The van der Waals surface area contributed by atoms with Gasteiger partial charge in [-0.05, 0) is 30.7 Å². The van der Waals surface area contributed by atoms with Crippen LogP contribution in [0.15, 0.2) is 18.2 Å². The minimum Gasteiger partial charge on any atom is -0.454 e. The quantitative estimate of drug-likeness (QED) is 0.889. The number of ether oxygens (including phenoxy) is 2. The van der Waals surface area contributed by atoms with E-state index in [2.05, 4.69) is 12.2 Å². The Morgan fingerprint density at radius 3 is 2.95 bits per heavy atom. The van der Waals surface area contributed by atoms with Crippen molar-refractivity contribution in [3.8, 4) is 11.5 Å². The minimum absolute atomic E-state index is 0.136. The van der Waals surface area contributed by atoms with Gasteiger partial charge in [-0.15, -0.1) is 0 Å². The molecule has 0 saturated carbocycles. The van der Waals surface area contributed by atoms with Crippen LogP contribution < -0.4 is 14.8 Å². The first kappa shape index (κ1) is 13.2. The Hall–Kier alpha value is -1.75. The molecule has 1 atom stereocenters. The van der Waals surface area contributed by atoms with E-state index in [9.17, 15) is 4.79 Å². The highest BCUT2D eigenvalue weighted by Crippen LogP contribution is 2.34. The normalized spacial score (nSPS) is 18.6. The summed E-state index contributed by atoms with van der Waals surface area (Å²) in [6.07, 6.45) is 1.65. The molecule has 2 aliphatic heterocycles. The van der Waals surface area contributed by atoms with Crippen LogP contribution in [-0.2, 0) is 4.79 Å². The second-order valence-electron chi connectivity index (χ2n) is 5.17. The van der Waals surface area contributed by atoms with Gasteiger partial charge in [0.15, 0.2) is 11.5 Å². The third-order valence-corrected chi connectivity index (χ3v) is 3.82. The number of likely N-dealkylation sites (tertiary alicyclic amines) is 1. The molecule has 108 valence electrons. The molecule has 5 heteroatoms. The molecule has 0 aromatic heterocycles. The molecule has 1 aromatic rings. The van der Waals surface area contributed by atoms with Crippen molar-refractivity contribution in [2.75, 3.05) is 26.4 Å². The Labute approximate surface area is 118 Å². The lowest BCUT2D eigenvalue weighted by molar-refractivity contribution is -0.128. The summed E-state index contributed by atoms with van der Waals surface area (Å²) in [5.41, 5.74) is 1.14. The molecule has 2 aliphatic rings. The number of benzene rings is 1. The van der Waals surface area contributed by atoms with Crippen LogP contribution in [-0.4, -0.2) is 37.2 Å². The Balaban J connectivity index is 1.77. The molecule has 1 N–H and O–H groups in total. The second kappa shape index (κ2) is 5.71. The fourth-order valence-electron chi connectivity index (χ4n) is 2.78. The van der Waals surface area contributed by atoms with Crippen LogP contribution in [0.4, 0.5) is 0 Å². The molecule has 0 aliphatic carbocycles. The van der Waals surface area contributed by atoms with E-state index < -0.39 is 0 Å². The highest BCUT2D eigenvalue weighted by atomic mass is 16.7. The predicted octanol–water partition coefficient (Wildman–Crippen LogP) is 1.69. The van der Waals surface area contributed by atoms with Gasteiger partial charge in [-0.1, -0.05) is 13.0 Å². The van der Waals surface area contributed by atoms with Crippen molar-refractivity contribution in [3.05, 3.63) is 23.8 Å². The van der Waals surface area contributed by atoms with Crippen molar-refractivity contribution in [1.29, 1.82) is 0 Å². The Bertz CT molecular complexity index is 504. The molecule has 1 amide bonds. The minimum atomic E-state index is 0.136. The van der Waals surface area contributed by atoms with E-state index in [-0.39, 0.29) is 18.7 Å². The second-order valence-corrected chi connectivity index (χ2v) is 5.17.